The number of aromatic nitrogens is 2. The van der Waals surface area contributed by atoms with E-state index in [1.165, 1.54) is 12.1 Å². The Morgan fingerprint density at radius 1 is 1.29 bits per heavy atom. The zero-order valence-corrected chi connectivity index (χ0v) is 10.0. The van der Waals surface area contributed by atoms with Crippen LogP contribution in [0.3, 0.4) is 0 Å². The summed E-state index contributed by atoms with van der Waals surface area (Å²) in [7, 11) is 0. The molecule has 0 saturated carbocycles. The molecule has 0 atom stereocenters. The number of anilines is 1. The van der Waals surface area contributed by atoms with Gasteiger partial charge in [0, 0.05) is 23.2 Å². The van der Waals surface area contributed by atoms with Crippen LogP contribution >= 0.6 is 11.6 Å². The molecule has 0 aliphatic carbocycles. The number of aryl methyl sites for hydroxylation is 1. The molecule has 0 bridgehead atoms. The average molecular weight is 252 g/mol. The minimum atomic E-state index is -0.358. The summed E-state index contributed by atoms with van der Waals surface area (Å²) >= 11 is 5.93. The van der Waals surface area contributed by atoms with Crippen LogP contribution in [0.1, 0.15) is 17.1 Å². The van der Waals surface area contributed by atoms with Crippen molar-refractivity contribution in [3.05, 3.63) is 52.2 Å². The standard InChI is InChI=1S/C12H11ClFN3/c1-7-4-11(15)17-12(16-7)5-8-2-3-9(14)6-10(8)13/h2-4,6H,5H2,1H3,(H2,15,16,17). The fraction of sp³-hybridized carbons (Fsp3) is 0.167. The Hall–Kier alpha value is -1.68. The van der Waals surface area contributed by atoms with Gasteiger partial charge >= 0.3 is 0 Å². The monoisotopic (exact) mass is 251 g/mol. The zero-order chi connectivity index (χ0) is 12.4. The van der Waals surface area contributed by atoms with Gasteiger partial charge in [0.25, 0.3) is 0 Å². The molecule has 0 aliphatic heterocycles. The van der Waals surface area contributed by atoms with E-state index in [0.717, 1.165) is 11.3 Å². The maximum absolute atomic E-state index is 12.9. The van der Waals surface area contributed by atoms with Gasteiger partial charge in [-0.15, -0.1) is 0 Å². The summed E-state index contributed by atoms with van der Waals surface area (Å²) in [5.74, 6) is 0.644. The first-order chi connectivity index (χ1) is 8.04. The van der Waals surface area contributed by atoms with E-state index in [2.05, 4.69) is 9.97 Å². The first-order valence-corrected chi connectivity index (χ1v) is 5.46. The number of halogens is 2. The van der Waals surface area contributed by atoms with Gasteiger partial charge in [0.05, 0.1) is 0 Å². The lowest BCUT2D eigenvalue weighted by Gasteiger charge is -2.05. The van der Waals surface area contributed by atoms with Crippen LogP contribution in [0.25, 0.3) is 0 Å². The molecule has 1 aromatic carbocycles. The molecule has 0 fully saturated rings. The van der Waals surface area contributed by atoms with Crippen molar-refractivity contribution in [2.45, 2.75) is 13.3 Å². The lowest BCUT2D eigenvalue weighted by molar-refractivity contribution is 0.627. The SMILES string of the molecule is Cc1cc(N)nc(Cc2ccc(F)cc2Cl)n1. The Kier molecular flexibility index (Phi) is 3.24. The summed E-state index contributed by atoms with van der Waals surface area (Å²) in [4.78, 5) is 8.36. The first kappa shape index (κ1) is 11.8. The van der Waals surface area contributed by atoms with Crippen LogP contribution in [0.15, 0.2) is 24.3 Å². The van der Waals surface area contributed by atoms with E-state index in [1.807, 2.05) is 6.92 Å². The van der Waals surface area contributed by atoms with Crippen molar-refractivity contribution in [2.75, 3.05) is 5.73 Å². The van der Waals surface area contributed by atoms with Gasteiger partial charge in [0.1, 0.15) is 17.5 Å². The highest BCUT2D eigenvalue weighted by atomic mass is 35.5. The molecular formula is C12H11ClFN3. The molecule has 5 heteroatoms. The summed E-state index contributed by atoms with van der Waals surface area (Å²) in [6.45, 7) is 1.84. The Morgan fingerprint density at radius 2 is 2.06 bits per heavy atom. The smallest absolute Gasteiger partial charge is 0.135 e. The van der Waals surface area contributed by atoms with E-state index in [9.17, 15) is 4.39 Å². The van der Waals surface area contributed by atoms with Crippen LogP contribution in [0, 0.1) is 12.7 Å². The second kappa shape index (κ2) is 4.67. The highest BCUT2D eigenvalue weighted by Gasteiger charge is 2.06. The summed E-state index contributed by atoms with van der Waals surface area (Å²) in [6.07, 6.45) is 0.436. The molecule has 2 rings (SSSR count). The van der Waals surface area contributed by atoms with Gasteiger partial charge in [0.15, 0.2) is 0 Å². The maximum atomic E-state index is 12.9. The van der Waals surface area contributed by atoms with Crippen LogP contribution < -0.4 is 5.73 Å². The summed E-state index contributed by atoms with van der Waals surface area (Å²) < 4.78 is 12.9. The summed E-state index contributed by atoms with van der Waals surface area (Å²) in [5, 5.41) is 0.369. The predicted octanol–water partition coefficient (Wildman–Crippen LogP) is 2.75. The minimum absolute atomic E-state index is 0.358. The number of hydrogen-bond acceptors (Lipinski definition) is 3. The molecule has 88 valence electrons. The lowest BCUT2D eigenvalue weighted by atomic mass is 10.1. The van der Waals surface area contributed by atoms with Gasteiger partial charge in [-0.2, -0.15) is 0 Å². The summed E-state index contributed by atoms with van der Waals surface area (Å²) in [6, 6.07) is 5.95. The molecule has 0 radical (unpaired) electrons. The van der Waals surface area contributed by atoms with Gasteiger partial charge in [-0.1, -0.05) is 17.7 Å². The quantitative estimate of drug-likeness (QED) is 0.893. The van der Waals surface area contributed by atoms with Gasteiger partial charge in [-0.25, -0.2) is 14.4 Å². The van der Waals surface area contributed by atoms with Crippen LogP contribution in [0.5, 0.6) is 0 Å². The summed E-state index contributed by atoms with van der Waals surface area (Å²) in [5.41, 5.74) is 7.20. The number of benzene rings is 1. The Bertz CT molecular complexity index is 537. The molecule has 0 amide bonds. The Morgan fingerprint density at radius 3 is 2.71 bits per heavy atom. The third kappa shape index (κ3) is 2.91. The van der Waals surface area contributed by atoms with Crippen molar-refractivity contribution in [3.63, 3.8) is 0 Å². The van der Waals surface area contributed by atoms with E-state index in [-0.39, 0.29) is 5.82 Å². The van der Waals surface area contributed by atoms with Crippen molar-refractivity contribution in [3.8, 4) is 0 Å². The highest BCUT2D eigenvalue weighted by molar-refractivity contribution is 6.31. The minimum Gasteiger partial charge on any atom is -0.384 e. The fourth-order valence-corrected chi connectivity index (χ4v) is 1.80. The normalized spacial score (nSPS) is 10.5. The van der Waals surface area contributed by atoms with Gasteiger partial charge < -0.3 is 5.73 Å². The first-order valence-electron chi connectivity index (χ1n) is 5.08. The molecule has 0 aliphatic rings. The van der Waals surface area contributed by atoms with Gasteiger partial charge in [-0.05, 0) is 24.6 Å². The van der Waals surface area contributed by atoms with Crippen molar-refractivity contribution in [1.29, 1.82) is 0 Å². The van der Waals surface area contributed by atoms with Crippen molar-refractivity contribution in [1.82, 2.24) is 9.97 Å². The molecule has 1 aromatic heterocycles. The second-order valence-corrected chi connectivity index (χ2v) is 4.17. The number of nitrogens with zero attached hydrogens (tertiary/aromatic N) is 2. The zero-order valence-electron chi connectivity index (χ0n) is 9.24. The van der Waals surface area contributed by atoms with Crippen molar-refractivity contribution >= 4 is 17.4 Å². The van der Waals surface area contributed by atoms with E-state index in [4.69, 9.17) is 17.3 Å². The molecule has 0 saturated heterocycles. The van der Waals surface area contributed by atoms with Gasteiger partial charge in [-0.3, -0.25) is 0 Å². The van der Waals surface area contributed by atoms with Gasteiger partial charge in [0.2, 0.25) is 0 Å². The van der Waals surface area contributed by atoms with Crippen molar-refractivity contribution in [2.24, 2.45) is 0 Å². The molecule has 0 spiro atoms. The molecular weight excluding hydrogens is 241 g/mol. The highest BCUT2D eigenvalue weighted by Crippen LogP contribution is 2.19. The second-order valence-electron chi connectivity index (χ2n) is 3.76. The van der Waals surface area contributed by atoms with Crippen LogP contribution in [0.4, 0.5) is 10.2 Å². The number of nitrogen functional groups attached to an aromatic ring is 1. The third-order valence-corrected chi connectivity index (χ3v) is 2.64. The van der Waals surface area contributed by atoms with Crippen molar-refractivity contribution < 1.29 is 4.39 Å². The fourth-order valence-electron chi connectivity index (χ4n) is 1.57. The molecule has 0 unspecified atom stereocenters. The topological polar surface area (TPSA) is 51.8 Å². The van der Waals surface area contributed by atoms with E-state index >= 15 is 0 Å². The van der Waals surface area contributed by atoms with E-state index in [1.54, 1.807) is 12.1 Å². The van der Waals surface area contributed by atoms with Crippen LogP contribution in [-0.2, 0) is 6.42 Å². The Labute approximate surface area is 103 Å². The van der Waals surface area contributed by atoms with E-state index < -0.39 is 0 Å². The molecule has 1 heterocycles. The molecule has 3 nitrogen and oxygen atoms in total. The van der Waals surface area contributed by atoms with Crippen LogP contribution in [-0.4, -0.2) is 9.97 Å². The van der Waals surface area contributed by atoms with E-state index in [0.29, 0.717) is 23.1 Å². The number of rotatable bonds is 2. The average Bonchev–Trinajstić information content (AvgIpc) is 2.21. The lowest BCUT2D eigenvalue weighted by Crippen LogP contribution is -2.02. The Balaban J connectivity index is 2.31. The maximum Gasteiger partial charge on any atom is 0.135 e. The predicted molar refractivity (Wildman–Crippen MR) is 65.4 cm³/mol. The largest absolute Gasteiger partial charge is 0.384 e. The number of hydrogen-bond donors (Lipinski definition) is 1. The molecule has 17 heavy (non-hydrogen) atoms. The molecule has 2 aromatic rings. The van der Waals surface area contributed by atoms with Crippen LogP contribution in [0.2, 0.25) is 5.02 Å². The number of nitrogens with two attached hydrogens (primary N) is 1. The molecule has 2 N–H and O–H groups in total. The third-order valence-electron chi connectivity index (χ3n) is 2.28.